The standard InChI is InChI=1S/C12H16N2O3/c1-8-5-14(6-9(2)17-8)12(16)11-3-10(7-15)4-13-11/h3-4,7-9,13H,5-6H2,1-2H3. The third kappa shape index (κ3) is 2.55. The van der Waals surface area contributed by atoms with E-state index in [1.165, 1.54) is 6.20 Å². The first-order chi connectivity index (χ1) is 8.10. The first kappa shape index (κ1) is 11.9. The monoisotopic (exact) mass is 236 g/mol. The minimum Gasteiger partial charge on any atom is -0.372 e. The van der Waals surface area contributed by atoms with Crippen LogP contribution in [0.25, 0.3) is 0 Å². The molecule has 92 valence electrons. The summed E-state index contributed by atoms with van der Waals surface area (Å²) in [6.07, 6.45) is 2.34. The van der Waals surface area contributed by atoms with Gasteiger partial charge in [0.15, 0.2) is 6.29 Å². The van der Waals surface area contributed by atoms with Crippen molar-refractivity contribution in [3.8, 4) is 0 Å². The average molecular weight is 236 g/mol. The molecule has 1 amide bonds. The Balaban J connectivity index is 2.11. The van der Waals surface area contributed by atoms with Crippen LogP contribution in [0.5, 0.6) is 0 Å². The molecule has 1 aliphatic rings. The Morgan fingerprint density at radius 2 is 2.12 bits per heavy atom. The zero-order chi connectivity index (χ0) is 12.4. The van der Waals surface area contributed by atoms with E-state index in [9.17, 15) is 9.59 Å². The molecule has 2 heterocycles. The molecular formula is C12H16N2O3. The number of amides is 1. The summed E-state index contributed by atoms with van der Waals surface area (Å²) >= 11 is 0. The Morgan fingerprint density at radius 3 is 2.65 bits per heavy atom. The van der Waals surface area contributed by atoms with E-state index >= 15 is 0 Å². The minimum atomic E-state index is -0.0832. The highest BCUT2D eigenvalue weighted by Gasteiger charge is 2.27. The number of nitrogens with zero attached hydrogens (tertiary/aromatic N) is 1. The summed E-state index contributed by atoms with van der Waals surface area (Å²) in [6, 6.07) is 1.57. The molecule has 1 aromatic rings. The number of morpholine rings is 1. The second-order valence-corrected chi connectivity index (χ2v) is 4.43. The number of aldehydes is 1. The maximum absolute atomic E-state index is 12.1. The number of carbonyl (C=O) groups excluding carboxylic acids is 2. The first-order valence-corrected chi connectivity index (χ1v) is 5.68. The summed E-state index contributed by atoms with van der Waals surface area (Å²) in [7, 11) is 0. The molecule has 0 aliphatic carbocycles. The molecule has 0 radical (unpaired) electrons. The van der Waals surface area contributed by atoms with Crippen molar-refractivity contribution < 1.29 is 14.3 Å². The lowest BCUT2D eigenvalue weighted by Gasteiger charge is -2.35. The number of ether oxygens (including phenoxy) is 1. The van der Waals surface area contributed by atoms with Crippen LogP contribution in [0.15, 0.2) is 12.3 Å². The maximum atomic E-state index is 12.1. The van der Waals surface area contributed by atoms with E-state index in [2.05, 4.69) is 4.98 Å². The molecular weight excluding hydrogens is 220 g/mol. The Hall–Kier alpha value is -1.62. The molecule has 0 spiro atoms. The van der Waals surface area contributed by atoms with Gasteiger partial charge in [0.25, 0.3) is 5.91 Å². The van der Waals surface area contributed by atoms with Gasteiger partial charge in [-0.25, -0.2) is 0 Å². The molecule has 0 bridgehead atoms. The van der Waals surface area contributed by atoms with Crippen LogP contribution in [0, 0.1) is 0 Å². The van der Waals surface area contributed by atoms with Gasteiger partial charge in [0.05, 0.1) is 12.2 Å². The van der Waals surface area contributed by atoms with Gasteiger partial charge in [0.1, 0.15) is 5.69 Å². The van der Waals surface area contributed by atoms with Gasteiger partial charge in [-0.2, -0.15) is 0 Å². The molecule has 1 fully saturated rings. The third-order valence-electron chi connectivity index (χ3n) is 2.78. The number of hydrogen-bond donors (Lipinski definition) is 1. The van der Waals surface area contributed by atoms with Crippen molar-refractivity contribution >= 4 is 12.2 Å². The van der Waals surface area contributed by atoms with Gasteiger partial charge < -0.3 is 14.6 Å². The molecule has 1 aromatic heterocycles. The summed E-state index contributed by atoms with van der Waals surface area (Å²) < 4.78 is 5.57. The Labute approximate surface area is 99.8 Å². The summed E-state index contributed by atoms with van der Waals surface area (Å²) in [4.78, 5) is 27.3. The smallest absolute Gasteiger partial charge is 0.270 e. The van der Waals surface area contributed by atoms with E-state index in [-0.39, 0.29) is 18.1 Å². The third-order valence-corrected chi connectivity index (χ3v) is 2.78. The summed E-state index contributed by atoms with van der Waals surface area (Å²) in [5.74, 6) is -0.0832. The fourth-order valence-electron chi connectivity index (χ4n) is 2.12. The molecule has 2 unspecified atom stereocenters. The van der Waals surface area contributed by atoms with E-state index in [0.717, 1.165) is 6.29 Å². The van der Waals surface area contributed by atoms with Crippen LogP contribution in [0.1, 0.15) is 34.7 Å². The van der Waals surface area contributed by atoms with Crippen molar-refractivity contribution in [1.29, 1.82) is 0 Å². The molecule has 5 nitrogen and oxygen atoms in total. The second kappa shape index (κ2) is 4.71. The fourth-order valence-corrected chi connectivity index (χ4v) is 2.12. The SMILES string of the molecule is CC1CN(C(=O)c2cc(C=O)c[nH]2)CC(C)O1. The summed E-state index contributed by atoms with van der Waals surface area (Å²) in [5, 5.41) is 0. The predicted octanol–water partition coefficient (Wildman–Crippen LogP) is 1.08. The summed E-state index contributed by atoms with van der Waals surface area (Å²) in [5.41, 5.74) is 0.941. The normalized spacial score (nSPS) is 24.7. The average Bonchev–Trinajstić information content (AvgIpc) is 2.75. The lowest BCUT2D eigenvalue weighted by molar-refractivity contribution is -0.0587. The van der Waals surface area contributed by atoms with Crippen LogP contribution in [0.2, 0.25) is 0 Å². The number of nitrogens with one attached hydrogen (secondary N) is 1. The van der Waals surface area contributed by atoms with E-state index < -0.39 is 0 Å². The van der Waals surface area contributed by atoms with Gasteiger partial charge in [-0.1, -0.05) is 0 Å². The van der Waals surface area contributed by atoms with Gasteiger partial charge in [0, 0.05) is 24.8 Å². The highest BCUT2D eigenvalue weighted by atomic mass is 16.5. The van der Waals surface area contributed by atoms with Gasteiger partial charge in [-0.3, -0.25) is 9.59 Å². The van der Waals surface area contributed by atoms with Crippen molar-refractivity contribution in [3.63, 3.8) is 0 Å². The zero-order valence-electron chi connectivity index (χ0n) is 9.97. The van der Waals surface area contributed by atoms with Gasteiger partial charge in [-0.05, 0) is 19.9 Å². The van der Waals surface area contributed by atoms with E-state index in [1.807, 2.05) is 13.8 Å². The Bertz CT molecular complexity index is 417. The Morgan fingerprint density at radius 1 is 1.47 bits per heavy atom. The molecule has 0 aromatic carbocycles. The Kier molecular flexibility index (Phi) is 3.28. The minimum absolute atomic E-state index is 0.0446. The van der Waals surface area contributed by atoms with Crippen molar-refractivity contribution in [2.45, 2.75) is 26.1 Å². The molecule has 2 rings (SSSR count). The van der Waals surface area contributed by atoms with Crippen LogP contribution in [-0.2, 0) is 4.74 Å². The number of H-pyrrole nitrogens is 1. The van der Waals surface area contributed by atoms with E-state index in [4.69, 9.17) is 4.74 Å². The fraction of sp³-hybridized carbons (Fsp3) is 0.500. The first-order valence-electron chi connectivity index (χ1n) is 5.68. The van der Waals surface area contributed by atoms with Crippen LogP contribution in [-0.4, -0.2) is 47.4 Å². The lowest BCUT2D eigenvalue weighted by Crippen LogP contribution is -2.48. The van der Waals surface area contributed by atoms with Crippen LogP contribution < -0.4 is 0 Å². The largest absolute Gasteiger partial charge is 0.372 e. The highest BCUT2D eigenvalue weighted by molar-refractivity contribution is 5.94. The van der Waals surface area contributed by atoms with E-state index in [1.54, 1.807) is 11.0 Å². The molecule has 1 saturated heterocycles. The molecule has 5 heteroatoms. The van der Waals surface area contributed by atoms with Crippen molar-refractivity contribution in [2.24, 2.45) is 0 Å². The van der Waals surface area contributed by atoms with E-state index in [0.29, 0.717) is 24.3 Å². The quantitative estimate of drug-likeness (QED) is 0.781. The molecule has 1 N–H and O–H groups in total. The summed E-state index contributed by atoms with van der Waals surface area (Å²) in [6.45, 7) is 5.06. The topological polar surface area (TPSA) is 62.4 Å². The zero-order valence-corrected chi connectivity index (χ0v) is 9.97. The van der Waals surface area contributed by atoms with Gasteiger partial charge >= 0.3 is 0 Å². The number of aromatic amines is 1. The lowest BCUT2D eigenvalue weighted by atomic mass is 10.2. The van der Waals surface area contributed by atoms with Crippen LogP contribution in [0.3, 0.4) is 0 Å². The molecule has 17 heavy (non-hydrogen) atoms. The van der Waals surface area contributed by atoms with Crippen molar-refractivity contribution in [3.05, 3.63) is 23.5 Å². The van der Waals surface area contributed by atoms with Crippen LogP contribution >= 0.6 is 0 Å². The molecule has 2 atom stereocenters. The van der Waals surface area contributed by atoms with Crippen molar-refractivity contribution in [2.75, 3.05) is 13.1 Å². The number of aromatic nitrogens is 1. The maximum Gasteiger partial charge on any atom is 0.270 e. The molecule has 1 aliphatic heterocycles. The number of carbonyl (C=O) groups is 2. The number of rotatable bonds is 2. The second-order valence-electron chi connectivity index (χ2n) is 4.43. The highest BCUT2D eigenvalue weighted by Crippen LogP contribution is 2.14. The number of hydrogen-bond acceptors (Lipinski definition) is 3. The predicted molar refractivity (Wildman–Crippen MR) is 62.1 cm³/mol. The van der Waals surface area contributed by atoms with Crippen molar-refractivity contribution in [1.82, 2.24) is 9.88 Å². The van der Waals surface area contributed by atoms with Gasteiger partial charge in [-0.15, -0.1) is 0 Å². The molecule has 0 saturated carbocycles. The van der Waals surface area contributed by atoms with Crippen LogP contribution in [0.4, 0.5) is 0 Å². The van der Waals surface area contributed by atoms with Gasteiger partial charge in [0.2, 0.25) is 0 Å².